The normalized spacial score (nSPS) is 16.4. The predicted molar refractivity (Wildman–Crippen MR) is 103 cm³/mol. The van der Waals surface area contributed by atoms with Crippen LogP contribution in [0.2, 0.25) is 0 Å². The standard InChI is InChI=1S/C20H16N4O4/c1-12-15(4-2-6-17(12)24(26)27)18(25)22-14-9-7-13(8-10-14)19-23-16-5-3-11-21-20(16)28-19/h2-5,7-11,17H,6H2,1H3,(H,22,25). The van der Waals surface area contributed by atoms with Gasteiger partial charge < -0.3 is 9.73 Å². The summed E-state index contributed by atoms with van der Waals surface area (Å²) in [4.78, 5) is 31.8. The number of benzene rings is 1. The third-order valence-electron chi connectivity index (χ3n) is 4.62. The van der Waals surface area contributed by atoms with Crippen molar-refractivity contribution in [1.29, 1.82) is 0 Å². The number of oxazole rings is 1. The molecular weight excluding hydrogens is 360 g/mol. The number of aromatic nitrogens is 2. The first-order chi connectivity index (χ1) is 13.5. The summed E-state index contributed by atoms with van der Waals surface area (Å²) < 4.78 is 5.63. The molecule has 1 unspecified atom stereocenters. The summed E-state index contributed by atoms with van der Waals surface area (Å²) >= 11 is 0. The quantitative estimate of drug-likeness (QED) is 0.548. The molecule has 0 bridgehead atoms. The SMILES string of the molecule is CC1=C(C(=O)Nc2ccc(-c3nc4cccnc4o3)cc2)C=CCC1[N+](=O)[O-]. The Balaban J connectivity index is 1.53. The molecule has 8 heteroatoms. The molecule has 0 aliphatic heterocycles. The Labute approximate surface area is 159 Å². The second kappa shape index (κ2) is 7.07. The van der Waals surface area contributed by atoms with E-state index in [1.807, 2.05) is 6.07 Å². The minimum atomic E-state index is -0.860. The zero-order valence-electron chi connectivity index (χ0n) is 15.0. The average molecular weight is 376 g/mol. The van der Waals surface area contributed by atoms with Gasteiger partial charge in [0.1, 0.15) is 5.52 Å². The fourth-order valence-corrected chi connectivity index (χ4v) is 3.09. The Bertz CT molecular complexity index is 1100. The fourth-order valence-electron chi connectivity index (χ4n) is 3.09. The van der Waals surface area contributed by atoms with Crippen LogP contribution in [-0.2, 0) is 4.79 Å². The van der Waals surface area contributed by atoms with Crippen molar-refractivity contribution in [2.24, 2.45) is 0 Å². The molecule has 1 aliphatic rings. The maximum atomic E-state index is 12.5. The molecule has 0 saturated carbocycles. The van der Waals surface area contributed by atoms with Gasteiger partial charge in [-0.15, -0.1) is 0 Å². The van der Waals surface area contributed by atoms with Gasteiger partial charge in [0, 0.05) is 39.9 Å². The summed E-state index contributed by atoms with van der Waals surface area (Å²) in [7, 11) is 0. The largest absolute Gasteiger partial charge is 0.418 e. The van der Waals surface area contributed by atoms with E-state index >= 15 is 0 Å². The number of carbonyl (C=O) groups is 1. The number of nitro groups is 1. The molecule has 1 N–H and O–H groups in total. The van der Waals surface area contributed by atoms with E-state index in [-0.39, 0.29) is 10.8 Å². The second-order valence-corrected chi connectivity index (χ2v) is 6.41. The van der Waals surface area contributed by atoms with Gasteiger partial charge in [-0.2, -0.15) is 0 Å². The molecule has 1 aromatic carbocycles. The first-order valence-electron chi connectivity index (χ1n) is 8.67. The Kier molecular flexibility index (Phi) is 4.44. The van der Waals surface area contributed by atoms with Gasteiger partial charge in [0.15, 0.2) is 0 Å². The van der Waals surface area contributed by atoms with Crippen molar-refractivity contribution in [2.75, 3.05) is 5.32 Å². The lowest BCUT2D eigenvalue weighted by Crippen LogP contribution is -2.26. The van der Waals surface area contributed by atoms with E-state index in [1.54, 1.807) is 55.6 Å². The van der Waals surface area contributed by atoms with Crippen molar-refractivity contribution in [2.45, 2.75) is 19.4 Å². The van der Waals surface area contributed by atoms with Crippen molar-refractivity contribution in [3.8, 4) is 11.5 Å². The van der Waals surface area contributed by atoms with Crippen molar-refractivity contribution in [3.05, 3.63) is 76.0 Å². The number of hydrogen-bond acceptors (Lipinski definition) is 6. The van der Waals surface area contributed by atoms with Crippen LogP contribution < -0.4 is 5.32 Å². The lowest BCUT2D eigenvalue weighted by molar-refractivity contribution is -0.511. The maximum Gasteiger partial charge on any atom is 0.255 e. The highest BCUT2D eigenvalue weighted by Crippen LogP contribution is 2.26. The molecule has 3 aromatic rings. The van der Waals surface area contributed by atoms with E-state index in [1.165, 1.54) is 0 Å². The zero-order chi connectivity index (χ0) is 19.7. The number of hydrogen-bond donors (Lipinski definition) is 1. The lowest BCUT2D eigenvalue weighted by atomic mass is 9.94. The smallest absolute Gasteiger partial charge is 0.255 e. The molecule has 1 atom stereocenters. The lowest BCUT2D eigenvalue weighted by Gasteiger charge is -2.16. The zero-order valence-corrected chi connectivity index (χ0v) is 15.0. The van der Waals surface area contributed by atoms with E-state index in [2.05, 4.69) is 15.3 Å². The van der Waals surface area contributed by atoms with Gasteiger partial charge >= 0.3 is 0 Å². The number of carbonyl (C=O) groups excluding carboxylic acids is 1. The third kappa shape index (κ3) is 3.27. The summed E-state index contributed by atoms with van der Waals surface area (Å²) in [5, 5.41) is 13.9. The number of amides is 1. The molecule has 28 heavy (non-hydrogen) atoms. The first-order valence-corrected chi connectivity index (χ1v) is 8.67. The minimum absolute atomic E-state index is 0.295. The van der Waals surface area contributed by atoms with Crippen LogP contribution in [0.3, 0.4) is 0 Å². The van der Waals surface area contributed by atoms with Crippen LogP contribution >= 0.6 is 0 Å². The Morgan fingerprint density at radius 2 is 2.07 bits per heavy atom. The van der Waals surface area contributed by atoms with Crippen LogP contribution in [0.5, 0.6) is 0 Å². The van der Waals surface area contributed by atoms with Crippen LogP contribution in [0, 0.1) is 10.1 Å². The van der Waals surface area contributed by atoms with Gasteiger partial charge in [0.2, 0.25) is 17.6 Å². The van der Waals surface area contributed by atoms with Gasteiger partial charge in [0.25, 0.3) is 5.91 Å². The maximum absolute atomic E-state index is 12.5. The van der Waals surface area contributed by atoms with Crippen LogP contribution in [0.4, 0.5) is 5.69 Å². The van der Waals surface area contributed by atoms with Gasteiger partial charge in [-0.3, -0.25) is 14.9 Å². The second-order valence-electron chi connectivity index (χ2n) is 6.41. The van der Waals surface area contributed by atoms with Crippen LogP contribution in [0.15, 0.2) is 70.3 Å². The number of nitrogens with zero attached hydrogens (tertiary/aromatic N) is 3. The molecule has 2 aromatic heterocycles. The Morgan fingerprint density at radius 1 is 1.29 bits per heavy atom. The molecule has 0 spiro atoms. The van der Waals surface area contributed by atoms with Crippen LogP contribution in [-0.4, -0.2) is 26.8 Å². The molecule has 0 fully saturated rings. The van der Waals surface area contributed by atoms with E-state index in [4.69, 9.17) is 4.42 Å². The topological polar surface area (TPSA) is 111 Å². The van der Waals surface area contributed by atoms with E-state index in [0.29, 0.717) is 40.4 Å². The van der Waals surface area contributed by atoms with Crippen molar-refractivity contribution >= 4 is 22.8 Å². The molecule has 0 saturated heterocycles. The summed E-state index contributed by atoms with van der Waals surface area (Å²) in [6.45, 7) is 1.62. The monoisotopic (exact) mass is 376 g/mol. The van der Waals surface area contributed by atoms with Crippen LogP contribution in [0.25, 0.3) is 22.7 Å². The fraction of sp³-hybridized carbons (Fsp3) is 0.150. The van der Waals surface area contributed by atoms with E-state index in [9.17, 15) is 14.9 Å². The van der Waals surface area contributed by atoms with Crippen molar-refractivity contribution < 1.29 is 14.1 Å². The molecule has 1 aliphatic carbocycles. The average Bonchev–Trinajstić information content (AvgIpc) is 3.12. The van der Waals surface area contributed by atoms with Gasteiger partial charge in [0.05, 0.1) is 0 Å². The summed E-state index contributed by atoms with van der Waals surface area (Å²) in [6, 6.07) is 9.74. The number of anilines is 1. The highest BCUT2D eigenvalue weighted by atomic mass is 16.6. The third-order valence-corrected chi connectivity index (χ3v) is 4.62. The molecule has 0 radical (unpaired) electrons. The van der Waals surface area contributed by atoms with Crippen molar-refractivity contribution in [3.63, 3.8) is 0 Å². The summed E-state index contributed by atoms with van der Waals surface area (Å²) in [6.07, 6.45) is 5.21. The first kappa shape index (κ1) is 17.6. The number of rotatable bonds is 4. The molecule has 2 heterocycles. The van der Waals surface area contributed by atoms with Gasteiger partial charge in [-0.25, -0.2) is 9.97 Å². The molecule has 8 nitrogen and oxygen atoms in total. The van der Waals surface area contributed by atoms with Crippen LogP contribution in [0.1, 0.15) is 13.3 Å². The van der Waals surface area contributed by atoms with Crippen molar-refractivity contribution in [1.82, 2.24) is 9.97 Å². The number of pyridine rings is 1. The Morgan fingerprint density at radius 3 is 2.79 bits per heavy atom. The van der Waals surface area contributed by atoms with Gasteiger partial charge in [-0.05, 0) is 43.3 Å². The molecule has 140 valence electrons. The molecule has 1 amide bonds. The number of nitrogens with one attached hydrogen (secondary N) is 1. The highest BCUT2D eigenvalue weighted by molar-refractivity contribution is 6.06. The highest BCUT2D eigenvalue weighted by Gasteiger charge is 2.28. The van der Waals surface area contributed by atoms with E-state index in [0.717, 1.165) is 5.56 Å². The molecular formula is C20H16N4O4. The Hall–Kier alpha value is -3.81. The summed E-state index contributed by atoms with van der Waals surface area (Å²) in [5.41, 5.74) is 3.23. The molecule has 4 rings (SSSR count). The number of fused-ring (bicyclic) bond motifs is 1. The predicted octanol–water partition coefficient (Wildman–Crippen LogP) is 3.75. The van der Waals surface area contributed by atoms with E-state index < -0.39 is 6.04 Å². The van der Waals surface area contributed by atoms with Gasteiger partial charge in [-0.1, -0.05) is 12.2 Å². The minimum Gasteiger partial charge on any atom is -0.418 e. The summed E-state index contributed by atoms with van der Waals surface area (Å²) in [5.74, 6) is 0.0632.